The first-order chi connectivity index (χ1) is 19.5. The van der Waals surface area contributed by atoms with Crippen LogP contribution in [0.15, 0.2) is 78.9 Å². The molecule has 41 heavy (non-hydrogen) atoms. The molecule has 0 aromatic heterocycles. The van der Waals surface area contributed by atoms with Crippen molar-refractivity contribution in [1.29, 1.82) is 0 Å². The number of aryl methyl sites for hydroxylation is 2. The molecular weight excluding hydrogens is 541 g/mol. The summed E-state index contributed by atoms with van der Waals surface area (Å²) in [6, 6.07) is 15.7. The maximum absolute atomic E-state index is 15.1. The molecule has 0 aliphatic rings. The van der Waals surface area contributed by atoms with Gasteiger partial charge in [0.1, 0.15) is 29.1 Å². The van der Waals surface area contributed by atoms with Crippen molar-refractivity contribution in [2.45, 2.75) is 13.8 Å². The predicted octanol–water partition coefficient (Wildman–Crippen LogP) is 9.68. The molecule has 0 heterocycles. The lowest BCUT2D eigenvalue weighted by atomic mass is 9.96. The van der Waals surface area contributed by atoms with E-state index in [1.807, 2.05) is 0 Å². The van der Waals surface area contributed by atoms with Crippen LogP contribution < -0.4 is 0 Å². The van der Waals surface area contributed by atoms with Crippen molar-refractivity contribution in [1.82, 2.24) is 0 Å². The van der Waals surface area contributed by atoms with Gasteiger partial charge >= 0.3 is 0 Å². The molecule has 0 bridgehead atoms. The van der Waals surface area contributed by atoms with Crippen molar-refractivity contribution in [2.24, 2.45) is 0 Å². The molecule has 0 saturated carbocycles. The predicted molar refractivity (Wildman–Crippen MR) is 144 cm³/mol. The number of hydrogen-bond acceptors (Lipinski definition) is 0. The summed E-state index contributed by atoms with van der Waals surface area (Å²) >= 11 is 0. The van der Waals surface area contributed by atoms with Gasteiger partial charge in [0.05, 0.1) is 11.1 Å². The first kappa shape index (κ1) is 27.7. The molecule has 5 aromatic carbocycles. The Bertz CT molecular complexity index is 1850. The van der Waals surface area contributed by atoms with E-state index in [1.54, 1.807) is 32.0 Å². The molecule has 0 fully saturated rings. The zero-order valence-electron chi connectivity index (χ0n) is 21.7. The largest absolute Gasteiger partial charge is 0.206 e. The summed E-state index contributed by atoms with van der Waals surface area (Å²) in [5, 5.41) is 0. The van der Waals surface area contributed by atoms with Crippen molar-refractivity contribution >= 4 is 0 Å². The zero-order valence-corrected chi connectivity index (χ0v) is 21.7. The third kappa shape index (κ3) is 5.59. The molecule has 0 aliphatic carbocycles. The van der Waals surface area contributed by atoms with Gasteiger partial charge in [0, 0.05) is 16.7 Å². The van der Waals surface area contributed by atoms with E-state index in [0.29, 0.717) is 17.2 Å². The third-order valence-electron chi connectivity index (χ3n) is 6.59. The van der Waals surface area contributed by atoms with Crippen molar-refractivity contribution < 1.29 is 30.7 Å². The van der Waals surface area contributed by atoms with E-state index in [9.17, 15) is 22.0 Å². The van der Waals surface area contributed by atoms with Crippen LogP contribution in [0, 0.1) is 66.4 Å². The highest BCUT2D eigenvalue weighted by atomic mass is 19.2. The molecule has 0 atom stereocenters. The third-order valence-corrected chi connectivity index (χ3v) is 6.59. The zero-order chi connectivity index (χ0) is 29.4. The Morgan fingerprint density at radius 3 is 1.66 bits per heavy atom. The molecule has 0 unspecified atom stereocenters. The van der Waals surface area contributed by atoms with Crippen LogP contribution >= 0.6 is 0 Å². The smallest absolute Gasteiger partial charge is 0.159 e. The van der Waals surface area contributed by atoms with Crippen molar-refractivity contribution in [3.8, 4) is 45.2 Å². The summed E-state index contributed by atoms with van der Waals surface area (Å²) in [6.45, 7) is 3.30. The minimum atomic E-state index is -1.25. The minimum Gasteiger partial charge on any atom is -0.206 e. The van der Waals surface area contributed by atoms with Crippen molar-refractivity contribution in [2.75, 3.05) is 0 Å². The van der Waals surface area contributed by atoms with Crippen LogP contribution in [0.1, 0.15) is 22.3 Å². The van der Waals surface area contributed by atoms with Gasteiger partial charge in [-0.05, 0) is 90.2 Å². The summed E-state index contributed by atoms with van der Waals surface area (Å²) in [4.78, 5) is 0. The molecule has 0 radical (unpaired) electrons. The maximum atomic E-state index is 15.1. The van der Waals surface area contributed by atoms with E-state index < -0.39 is 46.3 Å². The lowest BCUT2D eigenvalue weighted by Crippen LogP contribution is -1.95. The standard InChI is InChI=1S/C34H19F7/c1-18-3-7-25(28(36)11-18)21-5-9-26(30(38)15-21)23-12-19(2)24(29(37)17-23)8-4-20-13-32(40)34(33(41)14-20)22-6-10-27(35)31(39)16-22/h3,5-7,9-17H,1-2H3. The topological polar surface area (TPSA) is 0 Å². The molecule has 0 amide bonds. The van der Waals surface area contributed by atoms with E-state index in [-0.39, 0.29) is 33.4 Å². The van der Waals surface area contributed by atoms with Crippen LogP contribution in [0.5, 0.6) is 0 Å². The second kappa shape index (κ2) is 11.0. The van der Waals surface area contributed by atoms with Crippen molar-refractivity contribution in [3.05, 3.63) is 142 Å². The molecule has 0 nitrogen and oxygen atoms in total. The SMILES string of the molecule is Cc1ccc(-c2ccc(-c3cc(C)c(C#Cc4cc(F)c(-c5ccc(F)c(F)c5)c(F)c4)c(F)c3)c(F)c2)c(F)c1. The highest BCUT2D eigenvalue weighted by molar-refractivity contribution is 5.73. The van der Waals surface area contributed by atoms with Gasteiger partial charge < -0.3 is 0 Å². The lowest BCUT2D eigenvalue weighted by Gasteiger charge is -2.10. The molecule has 5 rings (SSSR count). The summed E-state index contributed by atoms with van der Waals surface area (Å²) in [5.74, 6) is -1.39. The highest BCUT2D eigenvalue weighted by Gasteiger charge is 2.16. The van der Waals surface area contributed by atoms with Crippen LogP contribution in [-0.4, -0.2) is 0 Å². The van der Waals surface area contributed by atoms with Gasteiger partial charge in [-0.2, -0.15) is 0 Å². The Balaban J connectivity index is 1.45. The van der Waals surface area contributed by atoms with E-state index in [0.717, 1.165) is 35.9 Å². The Kier molecular flexibility index (Phi) is 7.42. The summed E-state index contributed by atoms with van der Waals surface area (Å²) in [7, 11) is 0. The Morgan fingerprint density at radius 1 is 0.439 bits per heavy atom. The van der Waals surface area contributed by atoms with Crippen LogP contribution in [0.4, 0.5) is 30.7 Å². The quantitative estimate of drug-likeness (QED) is 0.152. The molecule has 5 aromatic rings. The van der Waals surface area contributed by atoms with Gasteiger partial charge in [0.15, 0.2) is 11.6 Å². The van der Waals surface area contributed by atoms with Crippen LogP contribution in [0.25, 0.3) is 33.4 Å². The van der Waals surface area contributed by atoms with E-state index in [4.69, 9.17) is 0 Å². The highest BCUT2D eigenvalue weighted by Crippen LogP contribution is 2.32. The van der Waals surface area contributed by atoms with Gasteiger partial charge in [-0.15, -0.1) is 0 Å². The Morgan fingerprint density at radius 2 is 1.02 bits per heavy atom. The lowest BCUT2D eigenvalue weighted by molar-refractivity contribution is 0.508. The molecule has 0 spiro atoms. The average molecular weight is 561 g/mol. The van der Waals surface area contributed by atoms with Crippen LogP contribution in [0.2, 0.25) is 0 Å². The summed E-state index contributed by atoms with van der Waals surface area (Å²) in [5.41, 5.74) is 1.05. The minimum absolute atomic E-state index is 0.0574. The van der Waals surface area contributed by atoms with Gasteiger partial charge in [0.2, 0.25) is 0 Å². The second-order valence-electron chi connectivity index (χ2n) is 9.52. The number of hydrogen-bond donors (Lipinski definition) is 0. The van der Waals surface area contributed by atoms with E-state index in [2.05, 4.69) is 11.8 Å². The van der Waals surface area contributed by atoms with Gasteiger partial charge in [-0.1, -0.05) is 42.2 Å². The summed E-state index contributed by atoms with van der Waals surface area (Å²) < 4.78 is 101. The van der Waals surface area contributed by atoms with Crippen LogP contribution in [0.3, 0.4) is 0 Å². The average Bonchev–Trinajstić information content (AvgIpc) is 2.89. The Hall–Kier alpha value is -4.83. The maximum Gasteiger partial charge on any atom is 0.159 e. The molecular formula is C34H19F7. The van der Waals surface area contributed by atoms with E-state index >= 15 is 8.78 Å². The van der Waals surface area contributed by atoms with Gasteiger partial charge in [0.25, 0.3) is 0 Å². The van der Waals surface area contributed by atoms with Gasteiger partial charge in [-0.3, -0.25) is 0 Å². The first-order valence-electron chi connectivity index (χ1n) is 12.3. The van der Waals surface area contributed by atoms with E-state index in [1.165, 1.54) is 24.3 Å². The monoisotopic (exact) mass is 560 g/mol. The molecule has 0 saturated heterocycles. The fraction of sp³-hybridized carbons (Fsp3) is 0.0588. The summed E-state index contributed by atoms with van der Waals surface area (Å²) in [6.07, 6.45) is 0. The second-order valence-corrected chi connectivity index (χ2v) is 9.52. The first-order valence-corrected chi connectivity index (χ1v) is 12.3. The Labute approximate surface area is 231 Å². The molecule has 7 heteroatoms. The fourth-order valence-corrected chi connectivity index (χ4v) is 4.54. The number of rotatable bonds is 3. The molecule has 204 valence electrons. The molecule has 0 aliphatic heterocycles. The molecule has 0 N–H and O–H groups in total. The number of benzene rings is 5. The van der Waals surface area contributed by atoms with Crippen molar-refractivity contribution in [3.63, 3.8) is 0 Å². The van der Waals surface area contributed by atoms with Crippen LogP contribution in [-0.2, 0) is 0 Å². The number of halogens is 7. The van der Waals surface area contributed by atoms with Gasteiger partial charge in [-0.25, -0.2) is 30.7 Å². The normalized spacial score (nSPS) is 10.9. The fourth-order valence-electron chi connectivity index (χ4n) is 4.54.